The van der Waals surface area contributed by atoms with Gasteiger partial charge in [0.05, 0.1) is 34.2 Å². The zero-order chi connectivity index (χ0) is 35.2. The molecule has 2 fully saturated rings. The predicted octanol–water partition coefficient (Wildman–Crippen LogP) is 11.0. The summed E-state index contributed by atoms with van der Waals surface area (Å²) in [7, 11) is 0. The Hall–Kier alpha value is -5.22. The van der Waals surface area contributed by atoms with Gasteiger partial charge in [-0.1, -0.05) is 113 Å². The molecule has 0 N–H and O–H groups in total. The van der Waals surface area contributed by atoms with E-state index in [2.05, 4.69) is 149 Å². The molecular formula is C48H44N4. The van der Waals surface area contributed by atoms with Crippen molar-refractivity contribution in [3.05, 3.63) is 166 Å². The van der Waals surface area contributed by atoms with Gasteiger partial charge < -0.3 is 0 Å². The fourth-order valence-corrected chi connectivity index (χ4v) is 10.0. The Morgan fingerprint density at radius 1 is 0.442 bits per heavy atom. The molecule has 4 bridgehead atoms. The van der Waals surface area contributed by atoms with Crippen LogP contribution < -0.4 is 0 Å². The molecule has 0 radical (unpaired) electrons. The standard InChI is InChI=1S/C48H44N4/c1-47(2)31-25-35(47)33-21-23-39(51-43(33)27-31)37-17-11-19-41(49-37)45(29-13-7-5-8-14-29)46(30-15-9-6-10-16-30)42-20-12-18-38(50-42)40-24-22-34-36-26-32(48(36,3)4)28-44(34)52-40/h5-24,31-32,35-36H,25-28H2,1-4H3/b46-45-/t31-,32-,35+,36+/m1/s1. The van der Waals surface area contributed by atoms with Crippen LogP contribution in [-0.4, -0.2) is 19.9 Å². The van der Waals surface area contributed by atoms with E-state index in [0.29, 0.717) is 34.5 Å². The van der Waals surface area contributed by atoms with E-state index in [1.165, 1.54) is 35.4 Å². The minimum atomic E-state index is 0.371. The van der Waals surface area contributed by atoms with Gasteiger partial charge in [-0.2, -0.15) is 0 Å². The van der Waals surface area contributed by atoms with Crippen LogP contribution in [0.4, 0.5) is 0 Å². The quantitative estimate of drug-likeness (QED) is 0.165. The highest BCUT2D eigenvalue weighted by Crippen LogP contribution is 2.63. The predicted molar refractivity (Wildman–Crippen MR) is 210 cm³/mol. The number of rotatable bonds is 6. The SMILES string of the molecule is CC1(C)[C@H]2Cc3nc(-c4cccc(/C(=C(/c5ccccc5)c5cccc(-c6ccc7c(n6)C[C@H]6C[C@@H]7C6(C)C)n5)c5ccccc5)n4)ccc3[C@@H]1C2. The fourth-order valence-electron chi connectivity index (χ4n) is 10.0. The maximum absolute atomic E-state index is 5.39. The molecule has 6 aromatic rings. The second-order valence-corrected chi connectivity index (χ2v) is 16.8. The van der Waals surface area contributed by atoms with E-state index in [9.17, 15) is 0 Å². The summed E-state index contributed by atoms with van der Waals surface area (Å²) in [6.45, 7) is 9.69. The summed E-state index contributed by atoms with van der Waals surface area (Å²) >= 11 is 0. The molecular weight excluding hydrogens is 633 g/mol. The Kier molecular flexibility index (Phi) is 7.06. The number of benzene rings is 2. The van der Waals surface area contributed by atoms with Crippen LogP contribution in [0.3, 0.4) is 0 Å². The smallest absolute Gasteiger partial charge is 0.0893 e. The molecule has 0 saturated heterocycles. The highest BCUT2D eigenvalue weighted by Gasteiger charge is 2.53. The van der Waals surface area contributed by atoms with Crippen molar-refractivity contribution in [2.24, 2.45) is 22.7 Å². The lowest BCUT2D eigenvalue weighted by atomic mass is 9.48. The molecule has 4 heteroatoms. The largest absolute Gasteiger partial charge is 0.251 e. The summed E-state index contributed by atoms with van der Waals surface area (Å²) in [5.41, 5.74) is 15.8. The van der Waals surface area contributed by atoms with Crippen molar-refractivity contribution in [2.45, 2.75) is 65.2 Å². The first kappa shape index (κ1) is 31.5. The summed E-state index contributed by atoms with van der Waals surface area (Å²) in [5, 5.41) is 0. The number of nitrogens with zero attached hydrogens (tertiary/aromatic N) is 4. The molecule has 4 heterocycles. The average Bonchev–Trinajstić information content (AvgIpc) is 3.19. The van der Waals surface area contributed by atoms with Gasteiger partial charge in [0.1, 0.15) is 0 Å². The van der Waals surface area contributed by atoms with E-state index in [-0.39, 0.29) is 0 Å². The first-order valence-electron chi connectivity index (χ1n) is 19.1. The number of hydrogen-bond donors (Lipinski definition) is 0. The van der Waals surface area contributed by atoms with Gasteiger partial charge in [-0.05, 0) is 119 Å². The zero-order valence-electron chi connectivity index (χ0n) is 30.5. The lowest BCUT2D eigenvalue weighted by Crippen LogP contribution is -2.48. The van der Waals surface area contributed by atoms with Crippen LogP contribution in [0.5, 0.6) is 0 Å². The summed E-state index contributed by atoms with van der Waals surface area (Å²) in [6, 6.07) is 43.0. The fraction of sp³-hybridized carbons (Fsp3) is 0.292. The Bertz CT molecular complexity index is 2220. The van der Waals surface area contributed by atoms with E-state index >= 15 is 0 Å². The second-order valence-electron chi connectivity index (χ2n) is 16.8. The van der Waals surface area contributed by atoms with E-state index in [0.717, 1.165) is 69.3 Å². The van der Waals surface area contributed by atoms with Crippen molar-refractivity contribution in [3.63, 3.8) is 0 Å². The van der Waals surface area contributed by atoms with Crippen LogP contribution in [-0.2, 0) is 12.8 Å². The molecule has 2 aromatic carbocycles. The van der Waals surface area contributed by atoms with Crippen LogP contribution >= 0.6 is 0 Å². The third kappa shape index (κ3) is 4.87. The Morgan fingerprint density at radius 2 is 0.846 bits per heavy atom. The highest BCUT2D eigenvalue weighted by atomic mass is 14.8. The molecule has 6 aliphatic rings. The average molecular weight is 677 g/mol. The lowest BCUT2D eigenvalue weighted by Gasteiger charge is -2.56. The van der Waals surface area contributed by atoms with Crippen LogP contribution in [0, 0.1) is 22.7 Å². The maximum Gasteiger partial charge on any atom is 0.0893 e. The second kappa shape index (κ2) is 11.6. The molecule has 2 saturated carbocycles. The van der Waals surface area contributed by atoms with E-state index in [1.54, 1.807) is 0 Å². The van der Waals surface area contributed by atoms with Gasteiger partial charge in [-0.25, -0.2) is 9.97 Å². The Labute approximate surface area is 307 Å². The maximum atomic E-state index is 5.39. The van der Waals surface area contributed by atoms with E-state index in [4.69, 9.17) is 19.9 Å². The number of hydrogen-bond acceptors (Lipinski definition) is 4. The number of aromatic nitrogens is 4. The molecule has 4 aromatic heterocycles. The van der Waals surface area contributed by atoms with Gasteiger partial charge >= 0.3 is 0 Å². The highest BCUT2D eigenvalue weighted by molar-refractivity contribution is 6.03. The molecule has 12 rings (SSSR count). The van der Waals surface area contributed by atoms with Crippen LogP contribution in [0.2, 0.25) is 0 Å². The summed E-state index contributed by atoms with van der Waals surface area (Å²) < 4.78 is 0. The van der Waals surface area contributed by atoms with Gasteiger partial charge in [-0.3, -0.25) is 9.97 Å². The van der Waals surface area contributed by atoms with Crippen LogP contribution in [0.15, 0.2) is 121 Å². The summed E-state index contributed by atoms with van der Waals surface area (Å²) in [4.78, 5) is 21.3. The normalized spacial score (nSPS) is 23.3. The molecule has 0 spiro atoms. The molecule has 256 valence electrons. The first-order valence-corrected chi connectivity index (χ1v) is 19.1. The molecule has 4 atom stereocenters. The Balaban J connectivity index is 1.11. The van der Waals surface area contributed by atoms with Gasteiger partial charge in [0.25, 0.3) is 0 Å². The van der Waals surface area contributed by atoms with Crippen molar-refractivity contribution < 1.29 is 0 Å². The van der Waals surface area contributed by atoms with Crippen molar-refractivity contribution in [1.29, 1.82) is 0 Å². The van der Waals surface area contributed by atoms with Crippen molar-refractivity contribution in [1.82, 2.24) is 19.9 Å². The lowest BCUT2D eigenvalue weighted by molar-refractivity contribution is 0.0170. The van der Waals surface area contributed by atoms with Gasteiger partial charge in [0.15, 0.2) is 0 Å². The third-order valence-corrected chi connectivity index (χ3v) is 13.5. The third-order valence-electron chi connectivity index (χ3n) is 13.5. The molecule has 0 aliphatic heterocycles. The van der Waals surface area contributed by atoms with E-state index < -0.39 is 0 Å². The Morgan fingerprint density at radius 3 is 1.25 bits per heavy atom. The van der Waals surface area contributed by atoms with Gasteiger partial charge in [0, 0.05) is 22.5 Å². The van der Waals surface area contributed by atoms with Crippen molar-refractivity contribution in [2.75, 3.05) is 0 Å². The van der Waals surface area contributed by atoms with Crippen LogP contribution in [0.1, 0.15) is 97.4 Å². The van der Waals surface area contributed by atoms with Gasteiger partial charge in [-0.15, -0.1) is 0 Å². The minimum Gasteiger partial charge on any atom is -0.251 e. The molecule has 0 unspecified atom stereocenters. The number of pyridine rings is 4. The molecule has 4 nitrogen and oxygen atoms in total. The zero-order valence-corrected chi connectivity index (χ0v) is 30.5. The first-order chi connectivity index (χ1) is 25.3. The summed E-state index contributed by atoms with van der Waals surface area (Å²) in [6.07, 6.45) is 4.69. The molecule has 0 amide bonds. The monoisotopic (exact) mass is 676 g/mol. The molecule has 52 heavy (non-hydrogen) atoms. The van der Waals surface area contributed by atoms with Gasteiger partial charge in [0.2, 0.25) is 0 Å². The van der Waals surface area contributed by atoms with E-state index in [1.807, 2.05) is 0 Å². The molecule has 6 aliphatic carbocycles. The summed E-state index contributed by atoms with van der Waals surface area (Å²) in [5.74, 6) is 2.65. The van der Waals surface area contributed by atoms with Crippen LogP contribution in [0.25, 0.3) is 33.9 Å². The minimum absolute atomic E-state index is 0.371. The topological polar surface area (TPSA) is 51.6 Å². The van der Waals surface area contributed by atoms with Crippen molar-refractivity contribution >= 4 is 11.1 Å². The van der Waals surface area contributed by atoms with Crippen molar-refractivity contribution in [3.8, 4) is 22.8 Å².